The van der Waals surface area contributed by atoms with E-state index in [9.17, 15) is 4.79 Å². The van der Waals surface area contributed by atoms with Gasteiger partial charge < -0.3 is 14.8 Å². The predicted molar refractivity (Wildman–Crippen MR) is 184 cm³/mol. The second-order valence-corrected chi connectivity index (χ2v) is 12.8. The normalized spacial score (nSPS) is 12.0. The summed E-state index contributed by atoms with van der Waals surface area (Å²) in [5, 5.41) is 3.18. The highest BCUT2D eigenvalue weighted by Crippen LogP contribution is 2.17. The molecule has 0 spiro atoms. The van der Waals surface area contributed by atoms with Crippen LogP contribution in [0.3, 0.4) is 0 Å². The van der Waals surface area contributed by atoms with E-state index in [0.717, 1.165) is 44.4 Å². The standard InChI is InChI=1S/C38H75NO3/c1-5-7-9-11-13-15-17-19-21-23-25-27-29-31-36(3)42-37(33-34-39-4)35-41-38(40)32-30-28-26-24-22-20-18-16-14-12-10-8-6-2/h37,39H,3,5-35H2,1-2,4H3. The van der Waals surface area contributed by atoms with Gasteiger partial charge in [0.15, 0.2) is 0 Å². The van der Waals surface area contributed by atoms with Gasteiger partial charge in [0, 0.05) is 19.3 Å². The van der Waals surface area contributed by atoms with Crippen LogP contribution < -0.4 is 5.32 Å². The molecule has 1 unspecified atom stereocenters. The number of esters is 1. The van der Waals surface area contributed by atoms with Gasteiger partial charge in [-0.1, -0.05) is 175 Å². The van der Waals surface area contributed by atoms with Crippen LogP contribution in [0, 0.1) is 0 Å². The molecule has 4 nitrogen and oxygen atoms in total. The maximum absolute atomic E-state index is 12.3. The van der Waals surface area contributed by atoms with Gasteiger partial charge in [-0.25, -0.2) is 0 Å². The fourth-order valence-electron chi connectivity index (χ4n) is 5.66. The number of hydrogen-bond acceptors (Lipinski definition) is 4. The molecule has 42 heavy (non-hydrogen) atoms. The summed E-state index contributed by atoms with van der Waals surface area (Å²) < 4.78 is 11.7. The minimum atomic E-state index is -0.109. The molecule has 0 aliphatic heterocycles. The highest BCUT2D eigenvalue weighted by Gasteiger charge is 2.14. The second-order valence-electron chi connectivity index (χ2n) is 12.8. The third-order valence-corrected chi connectivity index (χ3v) is 8.52. The molecule has 0 aromatic rings. The van der Waals surface area contributed by atoms with Crippen LogP contribution in [0.2, 0.25) is 0 Å². The quantitative estimate of drug-likeness (QED) is 0.0451. The monoisotopic (exact) mass is 594 g/mol. The minimum Gasteiger partial charge on any atom is -0.492 e. The highest BCUT2D eigenvalue weighted by molar-refractivity contribution is 5.69. The van der Waals surface area contributed by atoms with Gasteiger partial charge >= 0.3 is 5.97 Å². The molecule has 0 saturated carbocycles. The van der Waals surface area contributed by atoms with E-state index in [2.05, 4.69) is 25.7 Å². The van der Waals surface area contributed by atoms with Crippen molar-refractivity contribution in [2.75, 3.05) is 20.2 Å². The van der Waals surface area contributed by atoms with Gasteiger partial charge in [0.25, 0.3) is 0 Å². The summed E-state index contributed by atoms with van der Waals surface area (Å²) in [5.41, 5.74) is 0. The van der Waals surface area contributed by atoms with E-state index in [1.807, 2.05) is 7.05 Å². The first-order valence-corrected chi connectivity index (χ1v) is 18.8. The minimum absolute atomic E-state index is 0.0850. The van der Waals surface area contributed by atoms with Crippen LogP contribution in [0.5, 0.6) is 0 Å². The molecular weight excluding hydrogens is 518 g/mol. The number of carbonyl (C=O) groups excluding carboxylic acids is 1. The third kappa shape index (κ3) is 31.9. The summed E-state index contributed by atoms with van der Waals surface area (Å²) in [7, 11) is 1.94. The van der Waals surface area contributed by atoms with Crippen molar-refractivity contribution in [2.24, 2.45) is 0 Å². The largest absolute Gasteiger partial charge is 0.492 e. The van der Waals surface area contributed by atoms with E-state index in [0.29, 0.717) is 13.0 Å². The Morgan fingerprint density at radius 2 is 0.929 bits per heavy atom. The van der Waals surface area contributed by atoms with Gasteiger partial charge in [0.05, 0.1) is 5.76 Å². The van der Waals surface area contributed by atoms with Crippen molar-refractivity contribution in [1.29, 1.82) is 0 Å². The fourth-order valence-corrected chi connectivity index (χ4v) is 5.66. The second kappa shape index (κ2) is 34.5. The molecule has 0 aliphatic carbocycles. The lowest BCUT2D eigenvalue weighted by atomic mass is 10.0. The van der Waals surface area contributed by atoms with Crippen LogP contribution in [0.15, 0.2) is 12.3 Å². The number of rotatable bonds is 35. The topological polar surface area (TPSA) is 47.6 Å². The zero-order valence-electron chi connectivity index (χ0n) is 28.9. The Hall–Kier alpha value is -1.03. The average Bonchev–Trinajstić information content (AvgIpc) is 2.99. The first-order valence-electron chi connectivity index (χ1n) is 18.8. The molecule has 0 fully saturated rings. The first kappa shape index (κ1) is 41.0. The van der Waals surface area contributed by atoms with E-state index < -0.39 is 0 Å². The maximum atomic E-state index is 12.3. The first-order chi connectivity index (χ1) is 20.6. The molecular formula is C38H75NO3. The average molecular weight is 594 g/mol. The molecule has 1 N–H and O–H groups in total. The smallest absolute Gasteiger partial charge is 0.305 e. The van der Waals surface area contributed by atoms with Gasteiger partial charge in [0.1, 0.15) is 12.7 Å². The molecule has 1 atom stereocenters. The van der Waals surface area contributed by atoms with Crippen LogP contribution in [-0.2, 0) is 14.3 Å². The molecule has 0 rings (SSSR count). The van der Waals surface area contributed by atoms with Gasteiger partial charge in [-0.15, -0.1) is 0 Å². The molecule has 0 amide bonds. The summed E-state index contributed by atoms with van der Waals surface area (Å²) in [6.07, 6.45) is 36.9. The Kier molecular flexibility index (Phi) is 33.6. The highest BCUT2D eigenvalue weighted by atomic mass is 16.6. The molecule has 0 aromatic heterocycles. The van der Waals surface area contributed by atoms with Crippen LogP contribution in [0.4, 0.5) is 0 Å². The van der Waals surface area contributed by atoms with Crippen LogP contribution in [0.25, 0.3) is 0 Å². The predicted octanol–water partition coefficient (Wildman–Crippen LogP) is 12.0. The zero-order chi connectivity index (χ0) is 30.8. The summed E-state index contributed by atoms with van der Waals surface area (Å²) in [4.78, 5) is 12.3. The lowest BCUT2D eigenvalue weighted by Gasteiger charge is -2.20. The van der Waals surface area contributed by atoms with Crippen molar-refractivity contribution in [3.05, 3.63) is 12.3 Å². The molecule has 250 valence electrons. The number of carbonyl (C=O) groups is 1. The molecule has 0 aromatic carbocycles. The number of allylic oxidation sites excluding steroid dienone is 1. The maximum Gasteiger partial charge on any atom is 0.305 e. The SMILES string of the molecule is C=C(CCCCCCCCCCCCCCC)OC(CCNC)COC(=O)CCCCCCCCCCCCCCC. The lowest BCUT2D eigenvalue weighted by Crippen LogP contribution is -2.26. The Morgan fingerprint density at radius 3 is 1.31 bits per heavy atom. The Morgan fingerprint density at radius 1 is 0.571 bits per heavy atom. The van der Waals surface area contributed by atoms with Crippen molar-refractivity contribution >= 4 is 5.97 Å². The van der Waals surface area contributed by atoms with E-state index in [4.69, 9.17) is 9.47 Å². The molecule has 0 saturated heterocycles. The van der Waals surface area contributed by atoms with E-state index in [1.54, 1.807) is 0 Å². The van der Waals surface area contributed by atoms with Gasteiger partial charge in [0.2, 0.25) is 0 Å². The van der Waals surface area contributed by atoms with Crippen molar-refractivity contribution in [1.82, 2.24) is 5.32 Å². The lowest BCUT2D eigenvalue weighted by molar-refractivity contribution is -0.147. The molecule has 0 bridgehead atoms. The van der Waals surface area contributed by atoms with Crippen molar-refractivity contribution in [2.45, 2.75) is 206 Å². The summed E-state index contributed by atoms with van der Waals surface area (Å²) in [5.74, 6) is 0.755. The van der Waals surface area contributed by atoms with E-state index in [-0.39, 0.29) is 12.1 Å². The Labute approximate surface area is 263 Å². The third-order valence-electron chi connectivity index (χ3n) is 8.52. The number of ether oxygens (including phenoxy) is 2. The number of unbranched alkanes of at least 4 members (excludes halogenated alkanes) is 24. The molecule has 0 radical (unpaired) electrons. The summed E-state index contributed by atoms with van der Waals surface area (Å²) in [6, 6.07) is 0. The molecule has 4 heteroatoms. The van der Waals surface area contributed by atoms with Crippen molar-refractivity contribution in [3.8, 4) is 0 Å². The van der Waals surface area contributed by atoms with Crippen molar-refractivity contribution < 1.29 is 14.3 Å². The van der Waals surface area contributed by atoms with Gasteiger partial charge in [-0.05, 0) is 26.4 Å². The summed E-state index contributed by atoms with van der Waals surface area (Å²) in [6.45, 7) is 9.89. The van der Waals surface area contributed by atoms with Crippen LogP contribution >= 0.6 is 0 Å². The van der Waals surface area contributed by atoms with E-state index in [1.165, 1.54) is 148 Å². The Bertz CT molecular complexity index is 565. The molecule has 0 aliphatic rings. The number of hydrogen-bond donors (Lipinski definition) is 1. The van der Waals surface area contributed by atoms with Gasteiger partial charge in [-0.3, -0.25) is 4.79 Å². The number of nitrogens with one attached hydrogen (secondary N) is 1. The summed E-state index contributed by atoms with van der Waals surface area (Å²) >= 11 is 0. The van der Waals surface area contributed by atoms with Crippen LogP contribution in [-0.4, -0.2) is 32.3 Å². The molecule has 0 heterocycles. The van der Waals surface area contributed by atoms with Gasteiger partial charge in [-0.2, -0.15) is 0 Å². The van der Waals surface area contributed by atoms with Crippen molar-refractivity contribution in [3.63, 3.8) is 0 Å². The zero-order valence-corrected chi connectivity index (χ0v) is 28.9. The Balaban J connectivity index is 3.73. The fraction of sp³-hybridized carbons (Fsp3) is 0.921. The van der Waals surface area contributed by atoms with Crippen LogP contribution in [0.1, 0.15) is 200 Å². The van der Waals surface area contributed by atoms with E-state index >= 15 is 0 Å².